The van der Waals surface area contributed by atoms with Crippen LogP contribution in [0.25, 0.3) is 0 Å². The topological polar surface area (TPSA) is 71.2 Å². The molecule has 0 bridgehead atoms. The van der Waals surface area contributed by atoms with E-state index in [1.54, 1.807) is 0 Å². The van der Waals surface area contributed by atoms with E-state index in [0.29, 0.717) is 24.1 Å². The number of aliphatic hydroxyl groups excluding tert-OH is 1. The smallest absolute Gasteiger partial charge is 0.231 e. The van der Waals surface area contributed by atoms with E-state index in [2.05, 4.69) is 15.5 Å². The summed E-state index contributed by atoms with van der Waals surface area (Å²) in [5.74, 6) is 1.66. The van der Waals surface area contributed by atoms with Crippen LogP contribution in [0.2, 0.25) is 0 Å². The van der Waals surface area contributed by atoms with Crippen LogP contribution in [0, 0.1) is 0 Å². The minimum atomic E-state index is 0.0713. The first-order valence-electron chi connectivity index (χ1n) is 5.04. The number of rotatable bonds is 3. The van der Waals surface area contributed by atoms with Crippen molar-refractivity contribution in [2.75, 3.05) is 19.7 Å². The molecule has 5 nitrogen and oxygen atoms in total. The number of nitrogens with zero attached hydrogens (tertiary/aromatic N) is 2. The second-order valence-electron chi connectivity index (χ2n) is 3.57. The van der Waals surface area contributed by atoms with Gasteiger partial charge < -0.3 is 14.9 Å². The molecule has 0 radical (unpaired) electrons. The molecule has 14 heavy (non-hydrogen) atoms. The molecule has 0 aromatic carbocycles. The monoisotopic (exact) mass is 197 g/mol. The molecule has 1 aromatic rings. The average Bonchev–Trinajstić information content (AvgIpc) is 2.68. The molecule has 0 amide bonds. The summed E-state index contributed by atoms with van der Waals surface area (Å²) in [7, 11) is 0. The van der Waals surface area contributed by atoms with Gasteiger partial charge in [0.25, 0.3) is 0 Å². The summed E-state index contributed by atoms with van der Waals surface area (Å²) in [6.07, 6.45) is 2.74. The zero-order valence-corrected chi connectivity index (χ0v) is 8.07. The van der Waals surface area contributed by atoms with Gasteiger partial charge >= 0.3 is 0 Å². The Labute approximate surface area is 82.5 Å². The maximum Gasteiger partial charge on any atom is 0.231 e. The molecule has 2 heterocycles. The average molecular weight is 197 g/mol. The molecule has 2 rings (SSSR count). The molecule has 1 aromatic heterocycles. The number of nitrogens with one attached hydrogen (secondary N) is 1. The Morgan fingerprint density at radius 1 is 1.57 bits per heavy atom. The molecular formula is C9H15N3O2. The van der Waals surface area contributed by atoms with Gasteiger partial charge in [0.05, 0.1) is 12.5 Å². The van der Waals surface area contributed by atoms with Crippen LogP contribution in [0.1, 0.15) is 30.5 Å². The Morgan fingerprint density at radius 2 is 2.50 bits per heavy atom. The molecule has 0 spiro atoms. The lowest BCUT2D eigenvalue weighted by Crippen LogP contribution is -2.28. The van der Waals surface area contributed by atoms with E-state index < -0.39 is 0 Å². The van der Waals surface area contributed by atoms with Crippen molar-refractivity contribution in [3.63, 3.8) is 0 Å². The summed E-state index contributed by atoms with van der Waals surface area (Å²) < 4.78 is 5.14. The maximum atomic E-state index is 8.71. The van der Waals surface area contributed by atoms with Crippen molar-refractivity contribution in [3.05, 3.63) is 11.7 Å². The van der Waals surface area contributed by atoms with Crippen LogP contribution < -0.4 is 5.32 Å². The molecular weight excluding hydrogens is 182 g/mol. The predicted octanol–water partition coefficient (Wildman–Crippen LogP) is 0.0714. The molecule has 0 saturated carbocycles. The fraction of sp³-hybridized carbons (Fsp3) is 0.778. The van der Waals surface area contributed by atoms with E-state index in [1.165, 1.54) is 0 Å². The van der Waals surface area contributed by atoms with Crippen molar-refractivity contribution in [3.8, 4) is 0 Å². The highest BCUT2D eigenvalue weighted by Crippen LogP contribution is 2.21. The number of aromatic nitrogens is 2. The third-order valence-corrected chi connectivity index (χ3v) is 2.47. The molecule has 1 aliphatic heterocycles. The van der Waals surface area contributed by atoms with Crippen molar-refractivity contribution in [1.29, 1.82) is 0 Å². The van der Waals surface area contributed by atoms with Gasteiger partial charge in [-0.1, -0.05) is 5.16 Å². The van der Waals surface area contributed by atoms with Crippen LogP contribution in [0.5, 0.6) is 0 Å². The SMILES string of the molecule is OCCc1noc([C@@H]2CCCNC2)n1. The number of aliphatic hydroxyl groups is 1. The number of piperidine rings is 1. The molecule has 0 aliphatic carbocycles. The van der Waals surface area contributed by atoms with Crippen molar-refractivity contribution in [1.82, 2.24) is 15.5 Å². The summed E-state index contributed by atoms with van der Waals surface area (Å²) in [5.41, 5.74) is 0. The normalized spacial score (nSPS) is 22.5. The lowest BCUT2D eigenvalue weighted by atomic mass is 10.00. The summed E-state index contributed by atoms with van der Waals surface area (Å²) in [5, 5.41) is 15.8. The Balaban J connectivity index is 2.00. The van der Waals surface area contributed by atoms with Crippen LogP contribution in [-0.4, -0.2) is 34.9 Å². The van der Waals surface area contributed by atoms with Crippen molar-refractivity contribution < 1.29 is 9.63 Å². The molecule has 1 fully saturated rings. The Kier molecular flexibility index (Phi) is 3.10. The third-order valence-electron chi connectivity index (χ3n) is 2.47. The highest BCUT2D eigenvalue weighted by molar-refractivity contribution is 4.96. The summed E-state index contributed by atoms with van der Waals surface area (Å²) >= 11 is 0. The molecule has 0 unspecified atom stereocenters. The van der Waals surface area contributed by atoms with Gasteiger partial charge in [-0.15, -0.1) is 0 Å². The minimum absolute atomic E-state index is 0.0713. The van der Waals surface area contributed by atoms with E-state index >= 15 is 0 Å². The summed E-state index contributed by atoms with van der Waals surface area (Å²) in [4.78, 5) is 4.25. The fourth-order valence-corrected chi connectivity index (χ4v) is 1.70. The van der Waals surface area contributed by atoms with Gasteiger partial charge in [0.2, 0.25) is 5.89 Å². The van der Waals surface area contributed by atoms with Gasteiger partial charge in [-0.3, -0.25) is 0 Å². The largest absolute Gasteiger partial charge is 0.396 e. The van der Waals surface area contributed by atoms with E-state index in [0.717, 1.165) is 25.9 Å². The van der Waals surface area contributed by atoms with Crippen molar-refractivity contribution in [2.24, 2.45) is 0 Å². The zero-order chi connectivity index (χ0) is 9.80. The first-order valence-corrected chi connectivity index (χ1v) is 5.04. The predicted molar refractivity (Wildman–Crippen MR) is 49.9 cm³/mol. The number of hydrogen-bond donors (Lipinski definition) is 2. The van der Waals surface area contributed by atoms with Crippen LogP contribution >= 0.6 is 0 Å². The summed E-state index contributed by atoms with van der Waals surface area (Å²) in [6, 6.07) is 0. The van der Waals surface area contributed by atoms with Crippen LogP contribution in [0.15, 0.2) is 4.52 Å². The van der Waals surface area contributed by atoms with E-state index in [9.17, 15) is 0 Å². The van der Waals surface area contributed by atoms with E-state index in [1.807, 2.05) is 0 Å². The van der Waals surface area contributed by atoms with E-state index in [4.69, 9.17) is 9.63 Å². The van der Waals surface area contributed by atoms with Crippen LogP contribution in [0.4, 0.5) is 0 Å². The standard InChI is InChI=1S/C9H15N3O2/c13-5-3-8-11-9(14-12-8)7-2-1-4-10-6-7/h7,10,13H,1-6H2/t7-/m1/s1. The minimum Gasteiger partial charge on any atom is -0.396 e. The first-order chi connectivity index (χ1) is 6.90. The maximum absolute atomic E-state index is 8.71. The highest BCUT2D eigenvalue weighted by Gasteiger charge is 2.20. The molecule has 1 aliphatic rings. The first kappa shape index (κ1) is 9.61. The van der Waals surface area contributed by atoms with Gasteiger partial charge in [-0.05, 0) is 19.4 Å². The quantitative estimate of drug-likeness (QED) is 0.717. The summed E-state index contributed by atoms with van der Waals surface area (Å²) in [6.45, 7) is 2.07. The van der Waals surface area contributed by atoms with Gasteiger partial charge in [0, 0.05) is 13.0 Å². The highest BCUT2D eigenvalue weighted by atomic mass is 16.5. The van der Waals surface area contributed by atoms with Crippen LogP contribution in [0.3, 0.4) is 0 Å². The lowest BCUT2D eigenvalue weighted by molar-refractivity contribution is 0.290. The second kappa shape index (κ2) is 4.52. The van der Waals surface area contributed by atoms with Gasteiger partial charge in [-0.2, -0.15) is 4.98 Å². The van der Waals surface area contributed by atoms with Crippen molar-refractivity contribution >= 4 is 0 Å². The molecule has 2 N–H and O–H groups in total. The molecule has 78 valence electrons. The lowest BCUT2D eigenvalue weighted by Gasteiger charge is -2.18. The van der Waals surface area contributed by atoms with E-state index in [-0.39, 0.29) is 6.61 Å². The van der Waals surface area contributed by atoms with Crippen LogP contribution in [-0.2, 0) is 6.42 Å². The Morgan fingerprint density at radius 3 is 3.21 bits per heavy atom. The van der Waals surface area contributed by atoms with Crippen molar-refractivity contribution in [2.45, 2.75) is 25.2 Å². The zero-order valence-electron chi connectivity index (χ0n) is 8.07. The Hall–Kier alpha value is -0.940. The second-order valence-corrected chi connectivity index (χ2v) is 3.57. The fourth-order valence-electron chi connectivity index (χ4n) is 1.70. The van der Waals surface area contributed by atoms with Gasteiger partial charge in [-0.25, -0.2) is 0 Å². The van der Waals surface area contributed by atoms with Gasteiger partial charge in [0.15, 0.2) is 5.82 Å². The molecule has 5 heteroatoms. The molecule has 1 saturated heterocycles. The Bertz CT molecular complexity index is 281. The molecule has 1 atom stereocenters. The van der Waals surface area contributed by atoms with Gasteiger partial charge in [0.1, 0.15) is 0 Å². The third kappa shape index (κ3) is 2.10. The number of hydrogen-bond acceptors (Lipinski definition) is 5.